The van der Waals surface area contributed by atoms with Gasteiger partial charge in [0.05, 0.1) is 10.9 Å². The molecule has 24 heavy (non-hydrogen) atoms. The summed E-state index contributed by atoms with van der Waals surface area (Å²) < 4.78 is 0. The van der Waals surface area contributed by atoms with Crippen molar-refractivity contribution in [1.82, 2.24) is 10.2 Å². The third-order valence-corrected chi connectivity index (χ3v) is 5.87. The Balaban J connectivity index is 1.67. The third kappa shape index (κ3) is 3.66. The van der Waals surface area contributed by atoms with Crippen molar-refractivity contribution in [2.24, 2.45) is 4.99 Å². The SMILES string of the molecule is C=C1c2ccccc2N=C(S[C@@H](C)C(=O)NC2CCCCC2)N1C. The predicted octanol–water partition coefficient (Wildman–Crippen LogP) is 4.16. The molecule has 5 heteroatoms. The van der Waals surface area contributed by atoms with Gasteiger partial charge in [-0.05, 0) is 25.8 Å². The van der Waals surface area contributed by atoms with E-state index in [1.54, 1.807) is 0 Å². The molecule has 0 aromatic heterocycles. The van der Waals surface area contributed by atoms with Crippen molar-refractivity contribution in [3.63, 3.8) is 0 Å². The van der Waals surface area contributed by atoms with Crippen molar-refractivity contribution in [3.05, 3.63) is 36.4 Å². The number of hydrogen-bond donors (Lipinski definition) is 1. The summed E-state index contributed by atoms with van der Waals surface area (Å²) in [6.45, 7) is 6.11. The molecule has 1 saturated carbocycles. The molecular weight excluding hydrogens is 318 g/mol. The number of para-hydroxylation sites is 1. The zero-order valence-electron chi connectivity index (χ0n) is 14.4. The van der Waals surface area contributed by atoms with E-state index in [1.807, 2.05) is 43.1 Å². The van der Waals surface area contributed by atoms with Crippen LogP contribution in [0.3, 0.4) is 0 Å². The summed E-state index contributed by atoms with van der Waals surface area (Å²) in [5, 5.41) is 3.85. The summed E-state index contributed by atoms with van der Waals surface area (Å²) in [6.07, 6.45) is 5.94. The highest BCUT2D eigenvalue weighted by molar-refractivity contribution is 8.14. The van der Waals surface area contributed by atoms with Gasteiger partial charge in [0.1, 0.15) is 0 Å². The van der Waals surface area contributed by atoms with E-state index < -0.39 is 0 Å². The Kier molecular flexibility index (Phi) is 5.29. The molecule has 1 aliphatic carbocycles. The lowest BCUT2D eigenvalue weighted by Gasteiger charge is -2.30. The Hall–Kier alpha value is -1.75. The predicted molar refractivity (Wildman–Crippen MR) is 102 cm³/mol. The van der Waals surface area contributed by atoms with Crippen molar-refractivity contribution in [3.8, 4) is 0 Å². The van der Waals surface area contributed by atoms with Gasteiger partial charge in [0.2, 0.25) is 5.91 Å². The fourth-order valence-electron chi connectivity index (χ4n) is 3.17. The van der Waals surface area contributed by atoms with E-state index >= 15 is 0 Å². The molecule has 128 valence electrons. The van der Waals surface area contributed by atoms with Crippen molar-refractivity contribution in [2.45, 2.75) is 50.3 Å². The number of nitrogens with zero attached hydrogens (tertiary/aromatic N) is 2. The molecule has 0 bridgehead atoms. The maximum absolute atomic E-state index is 12.5. The van der Waals surface area contributed by atoms with E-state index in [4.69, 9.17) is 4.99 Å². The lowest BCUT2D eigenvalue weighted by Crippen LogP contribution is -2.41. The first kappa shape index (κ1) is 17.1. The molecule has 0 radical (unpaired) electrons. The van der Waals surface area contributed by atoms with Crippen LogP contribution < -0.4 is 5.32 Å². The van der Waals surface area contributed by atoms with Crippen molar-refractivity contribution < 1.29 is 4.79 Å². The van der Waals surface area contributed by atoms with E-state index in [2.05, 4.69) is 11.9 Å². The zero-order chi connectivity index (χ0) is 17.1. The quantitative estimate of drug-likeness (QED) is 0.896. The summed E-state index contributed by atoms with van der Waals surface area (Å²) in [5.74, 6) is 0.104. The van der Waals surface area contributed by atoms with Crippen molar-refractivity contribution >= 4 is 34.2 Å². The molecular formula is C19H25N3OS. The number of thioether (sulfide) groups is 1. The first-order valence-electron chi connectivity index (χ1n) is 8.64. The summed E-state index contributed by atoms with van der Waals surface area (Å²) in [5.41, 5.74) is 2.88. The number of carbonyl (C=O) groups excluding carboxylic acids is 1. The van der Waals surface area contributed by atoms with Gasteiger partial charge >= 0.3 is 0 Å². The van der Waals surface area contributed by atoms with E-state index in [1.165, 1.54) is 31.0 Å². The first-order valence-corrected chi connectivity index (χ1v) is 9.52. The number of amides is 1. The molecule has 1 aromatic rings. The Morgan fingerprint density at radius 2 is 2.04 bits per heavy atom. The maximum Gasteiger partial charge on any atom is 0.233 e. The minimum absolute atomic E-state index is 0.104. The number of aliphatic imine (C=N–C) groups is 1. The molecule has 4 nitrogen and oxygen atoms in total. The number of rotatable bonds is 3. The lowest BCUT2D eigenvalue weighted by atomic mass is 9.95. The normalized spacial score (nSPS) is 19.5. The second-order valence-electron chi connectivity index (χ2n) is 6.52. The number of amidine groups is 1. The zero-order valence-corrected chi connectivity index (χ0v) is 15.2. The number of nitrogens with one attached hydrogen (secondary N) is 1. The van der Waals surface area contributed by atoms with Crippen LogP contribution in [0.4, 0.5) is 5.69 Å². The topological polar surface area (TPSA) is 44.7 Å². The molecule has 1 aromatic carbocycles. The molecule has 1 atom stereocenters. The molecule has 1 fully saturated rings. The Labute approximate surface area is 148 Å². The van der Waals surface area contributed by atoms with Crippen LogP contribution >= 0.6 is 11.8 Å². The van der Waals surface area contributed by atoms with E-state index in [0.29, 0.717) is 6.04 Å². The van der Waals surface area contributed by atoms with Gasteiger partial charge in [-0.1, -0.05) is 55.8 Å². The maximum atomic E-state index is 12.5. The average molecular weight is 343 g/mol. The second-order valence-corrected chi connectivity index (χ2v) is 7.83. The highest BCUT2D eigenvalue weighted by Gasteiger charge is 2.26. The molecule has 1 aliphatic heterocycles. The summed E-state index contributed by atoms with van der Waals surface area (Å²) in [4.78, 5) is 19.2. The smallest absolute Gasteiger partial charge is 0.233 e. The van der Waals surface area contributed by atoms with Crippen molar-refractivity contribution in [2.75, 3.05) is 7.05 Å². The number of fused-ring (bicyclic) bond motifs is 1. The highest BCUT2D eigenvalue weighted by Crippen LogP contribution is 2.35. The van der Waals surface area contributed by atoms with Crippen LogP contribution in [0.15, 0.2) is 35.8 Å². The van der Waals surface area contributed by atoms with Gasteiger partial charge in [0, 0.05) is 24.4 Å². The van der Waals surface area contributed by atoms with Crippen LogP contribution in [0.25, 0.3) is 5.70 Å². The summed E-state index contributed by atoms with van der Waals surface area (Å²) >= 11 is 1.50. The van der Waals surface area contributed by atoms with Crippen LogP contribution in [0.5, 0.6) is 0 Å². The van der Waals surface area contributed by atoms with Gasteiger partial charge in [-0.15, -0.1) is 0 Å². The molecule has 0 unspecified atom stereocenters. The van der Waals surface area contributed by atoms with Gasteiger partial charge in [0.15, 0.2) is 5.17 Å². The summed E-state index contributed by atoms with van der Waals surface area (Å²) in [6, 6.07) is 8.32. The van der Waals surface area contributed by atoms with Crippen LogP contribution in [-0.2, 0) is 4.79 Å². The van der Waals surface area contributed by atoms with Gasteiger partial charge in [-0.3, -0.25) is 4.79 Å². The minimum atomic E-state index is -0.175. The molecule has 0 saturated heterocycles. The number of benzene rings is 1. The van der Waals surface area contributed by atoms with Crippen LogP contribution in [0.2, 0.25) is 0 Å². The number of carbonyl (C=O) groups is 1. The lowest BCUT2D eigenvalue weighted by molar-refractivity contribution is -0.121. The summed E-state index contributed by atoms with van der Waals surface area (Å²) in [7, 11) is 1.95. The molecule has 1 heterocycles. The molecule has 3 rings (SSSR count). The van der Waals surface area contributed by atoms with Crippen LogP contribution in [-0.4, -0.2) is 34.3 Å². The largest absolute Gasteiger partial charge is 0.352 e. The second kappa shape index (κ2) is 7.43. The fraction of sp³-hybridized carbons (Fsp3) is 0.474. The van der Waals surface area contributed by atoms with Gasteiger partial charge < -0.3 is 10.2 Å². The molecule has 2 aliphatic rings. The monoisotopic (exact) mass is 343 g/mol. The first-order chi connectivity index (χ1) is 11.6. The standard InChI is InChI=1S/C19H25N3OS/c1-13-16-11-7-8-12-17(16)21-19(22(13)3)24-14(2)18(23)20-15-9-5-4-6-10-15/h7-8,11-12,14-15H,1,4-6,9-10H2,2-3H3,(H,20,23)/t14-/m0/s1. The molecule has 1 amide bonds. The van der Waals surface area contributed by atoms with Crippen LogP contribution in [0.1, 0.15) is 44.6 Å². The third-order valence-electron chi connectivity index (χ3n) is 4.73. The van der Waals surface area contributed by atoms with Crippen molar-refractivity contribution in [1.29, 1.82) is 0 Å². The van der Waals surface area contributed by atoms with Gasteiger partial charge in [-0.2, -0.15) is 0 Å². The Morgan fingerprint density at radius 3 is 2.79 bits per heavy atom. The Bertz CT molecular complexity index is 664. The van der Waals surface area contributed by atoms with E-state index in [9.17, 15) is 4.79 Å². The van der Waals surface area contributed by atoms with Gasteiger partial charge in [-0.25, -0.2) is 4.99 Å². The van der Waals surface area contributed by atoms with E-state index in [-0.39, 0.29) is 11.2 Å². The van der Waals surface area contributed by atoms with Gasteiger partial charge in [0.25, 0.3) is 0 Å². The number of hydrogen-bond acceptors (Lipinski definition) is 4. The fourth-order valence-corrected chi connectivity index (χ4v) is 4.08. The molecule has 0 spiro atoms. The Morgan fingerprint density at radius 1 is 1.33 bits per heavy atom. The average Bonchev–Trinajstić information content (AvgIpc) is 2.60. The molecule has 1 N–H and O–H groups in total. The highest BCUT2D eigenvalue weighted by atomic mass is 32.2. The van der Waals surface area contributed by atoms with Crippen LogP contribution in [0, 0.1) is 0 Å². The minimum Gasteiger partial charge on any atom is -0.352 e. The van der Waals surface area contributed by atoms with E-state index in [0.717, 1.165) is 35.0 Å².